The van der Waals surface area contributed by atoms with E-state index in [-0.39, 0.29) is 17.4 Å². The lowest BCUT2D eigenvalue weighted by molar-refractivity contribution is -0.123. The van der Waals surface area contributed by atoms with Crippen molar-refractivity contribution in [1.82, 2.24) is 10.0 Å². The minimum atomic E-state index is -3.86. The van der Waals surface area contributed by atoms with Crippen molar-refractivity contribution in [3.05, 3.63) is 53.4 Å². The molecule has 1 amide bonds. The maximum Gasteiger partial charge on any atom is 0.241 e. The van der Waals surface area contributed by atoms with Crippen LogP contribution in [0.2, 0.25) is 5.02 Å². The normalized spacial score (nSPS) is 13.0. The molecule has 25 heavy (non-hydrogen) atoms. The number of nitrogens with one attached hydrogen (secondary N) is 2. The van der Waals surface area contributed by atoms with Gasteiger partial charge in [0.05, 0.1) is 17.7 Å². The lowest BCUT2D eigenvalue weighted by Crippen LogP contribution is -2.47. The second-order valence-corrected chi connectivity index (χ2v) is 8.21. The van der Waals surface area contributed by atoms with E-state index in [0.717, 1.165) is 0 Å². The zero-order valence-corrected chi connectivity index (χ0v) is 15.6. The predicted molar refractivity (Wildman–Crippen MR) is 95.6 cm³/mol. The Kier molecular flexibility index (Phi) is 6.64. The summed E-state index contributed by atoms with van der Waals surface area (Å²) in [5.41, 5.74) is 0. The maximum absolute atomic E-state index is 12.5. The molecule has 136 valence electrons. The van der Waals surface area contributed by atoms with Crippen LogP contribution in [0.5, 0.6) is 0 Å². The van der Waals surface area contributed by atoms with E-state index in [4.69, 9.17) is 16.0 Å². The van der Waals surface area contributed by atoms with Gasteiger partial charge >= 0.3 is 0 Å². The van der Waals surface area contributed by atoms with Gasteiger partial charge in [0.25, 0.3) is 0 Å². The highest BCUT2D eigenvalue weighted by molar-refractivity contribution is 7.89. The van der Waals surface area contributed by atoms with Crippen molar-refractivity contribution in [3.63, 3.8) is 0 Å². The fourth-order valence-electron chi connectivity index (χ4n) is 2.28. The fourth-order valence-corrected chi connectivity index (χ4v) is 3.79. The highest BCUT2D eigenvalue weighted by Gasteiger charge is 2.26. The van der Waals surface area contributed by atoms with E-state index in [9.17, 15) is 13.2 Å². The molecule has 2 N–H and O–H groups in total. The van der Waals surface area contributed by atoms with Crippen molar-refractivity contribution in [2.24, 2.45) is 5.92 Å². The van der Waals surface area contributed by atoms with Gasteiger partial charge in [0.1, 0.15) is 11.8 Å². The lowest BCUT2D eigenvalue weighted by atomic mass is 10.0. The van der Waals surface area contributed by atoms with Crippen molar-refractivity contribution in [2.45, 2.75) is 37.8 Å². The number of hydrogen-bond acceptors (Lipinski definition) is 4. The van der Waals surface area contributed by atoms with E-state index in [1.54, 1.807) is 24.3 Å². The monoisotopic (exact) mass is 384 g/mol. The van der Waals surface area contributed by atoms with Crippen molar-refractivity contribution < 1.29 is 17.6 Å². The Hall–Kier alpha value is -1.83. The number of carbonyl (C=O) groups is 1. The molecule has 0 aliphatic rings. The van der Waals surface area contributed by atoms with Crippen molar-refractivity contribution in [1.29, 1.82) is 0 Å². The summed E-state index contributed by atoms with van der Waals surface area (Å²) in [4.78, 5) is 12.5. The van der Waals surface area contributed by atoms with Gasteiger partial charge in [0, 0.05) is 5.02 Å². The van der Waals surface area contributed by atoms with Crippen LogP contribution in [0.4, 0.5) is 0 Å². The first kappa shape index (κ1) is 19.5. The van der Waals surface area contributed by atoms with E-state index >= 15 is 0 Å². The number of halogens is 1. The number of carbonyl (C=O) groups excluding carboxylic acids is 1. The third-order valence-corrected chi connectivity index (χ3v) is 5.15. The summed E-state index contributed by atoms with van der Waals surface area (Å²) in [5, 5.41) is 3.00. The fraction of sp³-hybridized carbons (Fsp3) is 0.353. The summed E-state index contributed by atoms with van der Waals surface area (Å²) in [6.07, 6.45) is 1.87. The molecule has 6 nitrogen and oxygen atoms in total. The number of amides is 1. The minimum Gasteiger partial charge on any atom is -0.467 e. The van der Waals surface area contributed by atoms with Crippen LogP contribution < -0.4 is 10.0 Å². The van der Waals surface area contributed by atoms with Crippen LogP contribution >= 0.6 is 11.6 Å². The third kappa shape index (κ3) is 5.88. The van der Waals surface area contributed by atoms with Crippen LogP contribution in [0.25, 0.3) is 0 Å². The Morgan fingerprint density at radius 1 is 1.24 bits per heavy atom. The second kappa shape index (κ2) is 8.51. The molecule has 0 saturated heterocycles. The Balaban J connectivity index is 2.11. The number of rotatable bonds is 8. The largest absolute Gasteiger partial charge is 0.467 e. The van der Waals surface area contributed by atoms with E-state index in [0.29, 0.717) is 17.2 Å². The first-order valence-corrected chi connectivity index (χ1v) is 9.72. The summed E-state index contributed by atoms with van der Waals surface area (Å²) < 4.78 is 32.7. The lowest BCUT2D eigenvalue weighted by Gasteiger charge is -2.20. The standard InChI is InChI=1S/C17H21ClN2O4S/c1-12(2)9-16(17(21)19-11-14-6-4-8-24-14)20-25(22,23)15-7-3-5-13(18)10-15/h3-8,10,12,16,20H,9,11H2,1-2H3,(H,19,21)/t16-/m0/s1. The Bertz CT molecular complexity index is 804. The van der Waals surface area contributed by atoms with Crippen molar-refractivity contribution in [3.8, 4) is 0 Å². The van der Waals surface area contributed by atoms with E-state index in [2.05, 4.69) is 10.0 Å². The molecule has 0 radical (unpaired) electrons. The smallest absolute Gasteiger partial charge is 0.241 e. The molecule has 2 aromatic rings. The van der Waals surface area contributed by atoms with Crippen LogP contribution in [0, 0.1) is 5.92 Å². The molecule has 0 aliphatic carbocycles. The van der Waals surface area contributed by atoms with E-state index < -0.39 is 22.0 Å². The molecular formula is C17H21ClN2O4S. The van der Waals surface area contributed by atoms with Gasteiger partial charge in [-0.3, -0.25) is 4.79 Å². The first-order valence-electron chi connectivity index (χ1n) is 7.86. The molecular weight excluding hydrogens is 364 g/mol. The highest BCUT2D eigenvalue weighted by Crippen LogP contribution is 2.17. The van der Waals surface area contributed by atoms with Crippen molar-refractivity contribution >= 4 is 27.5 Å². The molecule has 0 saturated carbocycles. The molecule has 1 atom stereocenters. The zero-order valence-electron chi connectivity index (χ0n) is 14.0. The molecule has 1 aromatic carbocycles. The number of furan rings is 1. The van der Waals surface area contributed by atoms with E-state index in [1.165, 1.54) is 18.4 Å². The molecule has 0 aliphatic heterocycles. The van der Waals surface area contributed by atoms with Gasteiger partial charge in [0.15, 0.2) is 0 Å². The Morgan fingerprint density at radius 3 is 2.60 bits per heavy atom. The summed E-state index contributed by atoms with van der Waals surface area (Å²) in [5.74, 6) is 0.312. The topological polar surface area (TPSA) is 88.4 Å². The van der Waals surface area contributed by atoms with Gasteiger partial charge in [-0.1, -0.05) is 31.5 Å². The van der Waals surface area contributed by atoms with Gasteiger partial charge in [-0.15, -0.1) is 0 Å². The van der Waals surface area contributed by atoms with Gasteiger partial charge < -0.3 is 9.73 Å². The first-order chi connectivity index (χ1) is 11.8. The molecule has 0 unspecified atom stereocenters. The molecule has 0 spiro atoms. The summed E-state index contributed by atoms with van der Waals surface area (Å²) in [6.45, 7) is 4.03. The van der Waals surface area contributed by atoms with Crippen LogP contribution in [0.1, 0.15) is 26.0 Å². The third-order valence-electron chi connectivity index (χ3n) is 3.44. The second-order valence-electron chi connectivity index (χ2n) is 6.06. The summed E-state index contributed by atoms with van der Waals surface area (Å²) in [7, 11) is -3.86. The van der Waals surface area contributed by atoms with Crippen LogP contribution in [-0.4, -0.2) is 20.4 Å². The average Bonchev–Trinajstić information content (AvgIpc) is 3.04. The molecule has 2 rings (SSSR count). The van der Waals surface area contributed by atoms with Gasteiger partial charge in [-0.25, -0.2) is 8.42 Å². The van der Waals surface area contributed by atoms with Crippen molar-refractivity contribution in [2.75, 3.05) is 0 Å². The summed E-state index contributed by atoms with van der Waals surface area (Å²) >= 11 is 5.86. The van der Waals surface area contributed by atoms with Gasteiger partial charge in [-0.2, -0.15) is 4.72 Å². The Labute approximate surface area is 152 Å². The Morgan fingerprint density at radius 2 is 2.00 bits per heavy atom. The van der Waals surface area contributed by atoms with Gasteiger partial charge in [-0.05, 0) is 42.7 Å². The quantitative estimate of drug-likeness (QED) is 0.732. The summed E-state index contributed by atoms with van der Waals surface area (Å²) in [6, 6.07) is 8.47. The molecule has 0 bridgehead atoms. The zero-order chi connectivity index (χ0) is 18.4. The number of benzene rings is 1. The number of hydrogen-bond donors (Lipinski definition) is 2. The van der Waals surface area contributed by atoms with Gasteiger partial charge in [0.2, 0.25) is 15.9 Å². The average molecular weight is 385 g/mol. The maximum atomic E-state index is 12.5. The van der Waals surface area contributed by atoms with Crippen LogP contribution in [-0.2, 0) is 21.4 Å². The van der Waals surface area contributed by atoms with Crippen LogP contribution in [0.15, 0.2) is 52.0 Å². The molecule has 8 heteroatoms. The minimum absolute atomic E-state index is 0.0209. The predicted octanol–water partition coefficient (Wildman–Crippen LogP) is 2.94. The SMILES string of the molecule is CC(C)C[C@H](NS(=O)(=O)c1cccc(Cl)c1)C(=O)NCc1ccco1. The highest BCUT2D eigenvalue weighted by atomic mass is 35.5. The molecule has 0 fully saturated rings. The molecule has 1 aromatic heterocycles. The van der Waals surface area contributed by atoms with Crippen LogP contribution in [0.3, 0.4) is 0 Å². The van der Waals surface area contributed by atoms with E-state index in [1.807, 2.05) is 13.8 Å². The molecule has 1 heterocycles. The number of sulfonamides is 1.